The number of halogens is 2. The number of methoxy groups -OCH3 is 2. The number of benzene rings is 3. The number of aromatic hydroxyl groups is 1. The highest BCUT2D eigenvalue weighted by Crippen LogP contribution is 2.35. The lowest BCUT2D eigenvalue weighted by molar-refractivity contribution is -0.377. The minimum atomic E-state index is -0.730. The lowest BCUT2D eigenvalue weighted by Crippen LogP contribution is -2.16. The molecule has 0 saturated carbocycles. The van der Waals surface area contributed by atoms with Gasteiger partial charge in [0.25, 0.3) is 0 Å². The Bertz CT molecular complexity index is 1530. The Hall–Kier alpha value is -4.45. The molecule has 0 fully saturated rings. The summed E-state index contributed by atoms with van der Waals surface area (Å²) in [6, 6.07) is 18.8. The number of esters is 1. The maximum Gasteiger partial charge on any atom is 0.338 e. The van der Waals surface area contributed by atoms with Gasteiger partial charge in [0.15, 0.2) is 23.9 Å². The number of H-pyrrole nitrogens is 1. The van der Waals surface area contributed by atoms with Gasteiger partial charge in [-0.05, 0) is 47.5 Å². The maximum atomic E-state index is 13.2. The van der Waals surface area contributed by atoms with Crippen LogP contribution in [-0.4, -0.2) is 25.3 Å². The summed E-state index contributed by atoms with van der Waals surface area (Å²) in [5.41, 5.74) is 3.50. The molecule has 40 heavy (non-hydrogen) atoms. The number of aromatic nitrogens is 1. The van der Waals surface area contributed by atoms with Crippen LogP contribution in [0, 0.1) is 11.3 Å². The van der Waals surface area contributed by atoms with Gasteiger partial charge in [0.2, 0.25) is 0 Å². The molecule has 8 nitrogen and oxygen atoms in total. The topological polar surface area (TPSA) is 115 Å². The summed E-state index contributed by atoms with van der Waals surface area (Å²) in [5, 5.41) is 22.9. The number of carbonyl (C=O) groups excluding carboxylic acids is 1. The zero-order valence-electron chi connectivity index (χ0n) is 21.7. The fourth-order valence-electron chi connectivity index (χ4n) is 4.08. The fourth-order valence-corrected chi connectivity index (χ4v) is 4.61. The highest BCUT2D eigenvalue weighted by Gasteiger charge is 2.24. The van der Waals surface area contributed by atoms with Crippen molar-refractivity contribution in [3.05, 3.63) is 111 Å². The molecule has 0 bridgehead atoms. The molecule has 0 unspecified atom stereocenters. The minimum absolute atomic E-state index is 0.000105. The van der Waals surface area contributed by atoms with E-state index in [0.717, 1.165) is 5.56 Å². The Kier molecular flexibility index (Phi) is 9.33. The van der Waals surface area contributed by atoms with E-state index < -0.39 is 12.1 Å². The SMILES string of the molecule is COc1ccc([C@H](Cc2c(Cl)c[nH+]cc2Cl)OC(=O)c2ccc(CNc3cc(O)cc(C#N)c3)cc2)cc1OC. The Balaban J connectivity index is 1.53. The number of pyridine rings is 1. The van der Waals surface area contributed by atoms with Gasteiger partial charge in [-0.3, -0.25) is 0 Å². The number of hydrogen-bond donors (Lipinski definition) is 2. The number of rotatable bonds is 10. The maximum absolute atomic E-state index is 13.2. The third-order valence-electron chi connectivity index (χ3n) is 6.15. The second kappa shape index (κ2) is 13.1. The summed E-state index contributed by atoms with van der Waals surface area (Å²) >= 11 is 12.8. The van der Waals surface area contributed by atoms with Crippen LogP contribution in [0.2, 0.25) is 10.0 Å². The molecule has 4 rings (SSSR count). The molecule has 0 aliphatic rings. The number of nitriles is 1. The smallest absolute Gasteiger partial charge is 0.338 e. The molecule has 0 aliphatic carbocycles. The van der Waals surface area contributed by atoms with Crippen LogP contribution in [-0.2, 0) is 17.7 Å². The van der Waals surface area contributed by atoms with Crippen molar-refractivity contribution in [2.45, 2.75) is 19.1 Å². The number of anilines is 1. The van der Waals surface area contributed by atoms with Gasteiger partial charge in [0.1, 0.15) is 21.9 Å². The average molecular weight is 579 g/mol. The van der Waals surface area contributed by atoms with E-state index in [1.807, 2.05) is 6.07 Å². The summed E-state index contributed by atoms with van der Waals surface area (Å²) in [7, 11) is 3.07. The third kappa shape index (κ3) is 6.94. The number of hydrogen-bond acceptors (Lipinski definition) is 7. The van der Waals surface area contributed by atoms with E-state index in [1.165, 1.54) is 19.2 Å². The third-order valence-corrected chi connectivity index (χ3v) is 6.82. The number of ether oxygens (including phenoxy) is 3. The summed E-state index contributed by atoms with van der Waals surface area (Å²) < 4.78 is 16.8. The number of nitrogens with one attached hydrogen (secondary N) is 2. The molecule has 4 aromatic rings. The standard InChI is InChI=1S/C30H25Cl2N3O5/c1-38-27-8-7-21(11-29(27)39-2)28(13-24-25(31)16-34-17-26(24)32)40-30(37)20-5-3-18(4-6-20)15-35-22-9-19(14-33)10-23(36)12-22/h3-12,16-17,28,35-36H,13,15H2,1-2H3/p+1/t28-/m0/s1. The van der Waals surface area contributed by atoms with Crippen LogP contribution in [0.4, 0.5) is 5.69 Å². The molecule has 10 heteroatoms. The molecule has 0 aliphatic heterocycles. The number of phenols is 1. The van der Waals surface area contributed by atoms with Gasteiger partial charge in [-0.15, -0.1) is 0 Å². The molecular formula is C30H26Cl2N3O5+. The van der Waals surface area contributed by atoms with E-state index in [1.54, 1.807) is 68.0 Å². The van der Waals surface area contributed by atoms with E-state index in [2.05, 4.69) is 10.3 Å². The van der Waals surface area contributed by atoms with Gasteiger partial charge in [-0.1, -0.05) is 41.4 Å². The van der Waals surface area contributed by atoms with Crippen LogP contribution < -0.4 is 19.8 Å². The molecule has 0 radical (unpaired) electrons. The lowest BCUT2D eigenvalue weighted by Gasteiger charge is -2.20. The fraction of sp³-hybridized carbons (Fsp3) is 0.167. The molecule has 3 N–H and O–H groups in total. The number of carbonyl (C=O) groups is 1. The number of nitrogens with zero attached hydrogens (tertiary/aromatic N) is 1. The monoisotopic (exact) mass is 578 g/mol. The first kappa shape index (κ1) is 28.6. The predicted octanol–water partition coefficient (Wildman–Crippen LogP) is 6.15. The van der Waals surface area contributed by atoms with Crippen molar-refractivity contribution >= 4 is 34.9 Å². The Morgan fingerprint density at radius 1 is 1.00 bits per heavy atom. The Morgan fingerprint density at radius 2 is 1.70 bits per heavy atom. The van der Waals surface area contributed by atoms with Crippen LogP contribution >= 0.6 is 23.2 Å². The van der Waals surface area contributed by atoms with Crippen molar-refractivity contribution in [3.63, 3.8) is 0 Å². The summed E-state index contributed by atoms with van der Waals surface area (Å²) in [4.78, 5) is 16.1. The summed E-state index contributed by atoms with van der Waals surface area (Å²) in [6.07, 6.45) is 2.72. The van der Waals surface area contributed by atoms with E-state index in [9.17, 15) is 9.90 Å². The van der Waals surface area contributed by atoms with Crippen molar-refractivity contribution in [2.24, 2.45) is 0 Å². The minimum Gasteiger partial charge on any atom is -0.508 e. The predicted molar refractivity (Wildman–Crippen MR) is 151 cm³/mol. The van der Waals surface area contributed by atoms with Gasteiger partial charge in [0, 0.05) is 30.3 Å². The number of phenolic OH excluding ortho intramolecular Hbond substituents is 1. The van der Waals surface area contributed by atoms with Crippen LogP contribution in [0.3, 0.4) is 0 Å². The molecule has 0 saturated heterocycles. The van der Waals surface area contributed by atoms with Crippen molar-refractivity contribution in [1.29, 1.82) is 5.26 Å². The molecule has 0 amide bonds. The molecular weight excluding hydrogens is 553 g/mol. The summed E-state index contributed by atoms with van der Waals surface area (Å²) in [6.45, 7) is 0.417. The van der Waals surface area contributed by atoms with E-state index >= 15 is 0 Å². The largest absolute Gasteiger partial charge is 0.508 e. The van der Waals surface area contributed by atoms with E-state index in [0.29, 0.717) is 56.0 Å². The normalized spacial score (nSPS) is 11.3. The van der Waals surface area contributed by atoms with Gasteiger partial charge in [-0.25, -0.2) is 9.78 Å². The first-order valence-electron chi connectivity index (χ1n) is 12.1. The zero-order chi connectivity index (χ0) is 28.6. The van der Waals surface area contributed by atoms with Crippen molar-refractivity contribution in [3.8, 4) is 23.3 Å². The molecule has 1 heterocycles. The van der Waals surface area contributed by atoms with Crippen LogP contribution in [0.25, 0.3) is 0 Å². The second-order valence-corrected chi connectivity index (χ2v) is 9.59. The van der Waals surface area contributed by atoms with Gasteiger partial charge in [0.05, 0.1) is 31.4 Å². The van der Waals surface area contributed by atoms with Crippen LogP contribution in [0.1, 0.15) is 38.7 Å². The van der Waals surface area contributed by atoms with Gasteiger partial charge >= 0.3 is 5.97 Å². The zero-order valence-corrected chi connectivity index (χ0v) is 23.2. The van der Waals surface area contributed by atoms with Crippen LogP contribution in [0.15, 0.2) is 73.1 Å². The summed E-state index contributed by atoms with van der Waals surface area (Å²) in [5.74, 6) is 0.506. The highest BCUT2D eigenvalue weighted by atomic mass is 35.5. The Morgan fingerprint density at radius 3 is 2.35 bits per heavy atom. The first-order chi connectivity index (χ1) is 19.3. The molecule has 0 spiro atoms. The van der Waals surface area contributed by atoms with Crippen molar-refractivity contribution < 1.29 is 29.1 Å². The van der Waals surface area contributed by atoms with Gasteiger partial charge < -0.3 is 24.6 Å². The van der Waals surface area contributed by atoms with Crippen LogP contribution in [0.5, 0.6) is 17.2 Å². The average Bonchev–Trinajstić information content (AvgIpc) is 2.96. The van der Waals surface area contributed by atoms with Gasteiger partial charge in [-0.2, -0.15) is 5.26 Å². The van der Waals surface area contributed by atoms with E-state index in [-0.39, 0.29) is 12.2 Å². The molecule has 1 aromatic heterocycles. The molecule has 3 aromatic carbocycles. The second-order valence-electron chi connectivity index (χ2n) is 8.77. The van der Waals surface area contributed by atoms with Crippen molar-refractivity contribution in [1.82, 2.24) is 0 Å². The lowest BCUT2D eigenvalue weighted by atomic mass is 10.0. The molecule has 1 atom stereocenters. The Labute approximate surface area is 241 Å². The van der Waals surface area contributed by atoms with E-state index in [4.69, 9.17) is 42.7 Å². The first-order valence-corrected chi connectivity index (χ1v) is 12.9. The highest BCUT2D eigenvalue weighted by molar-refractivity contribution is 6.35. The molecule has 204 valence electrons. The van der Waals surface area contributed by atoms with Crippen molar-refractivity contribution in [2.75, 3.05) is 19.5 Å². The quantitative estimate of drug-likeness (QED) is 0.217. The number of aromatic amines is 1.